The van der Waals surface area contributed by atoms with Crippen LogP contribution in [0.3, 0.4) is 0 Å². The van der Waals surface area contributed by atoms with Crippen LogP contribution in [0, 0.1) is 0 Å². The summed E-state index contributed by atoms with van der Waals surface area (Å²) in [7, 11) is 0. The predicted molar refractivity (Wildman–Crippen MR) is 56.6 cm³/mol. The van der Waals surface area contributed by atoms with E-state index in [4.69, 9.17) is 16.7 Å². The molecule has 0 saturated heterocycles. The van der Waals surface area contributed by atoms with Crippen molar-refractivity contribution in [2.45, 2.75) is 0 Å². The number of hydrogen-bond donors (Lipinski definition) is 2. The second-order valence-electron chi connectivity index (χ2n) is 2.89. The lowest BCUT2D eigenvalue weighted by molar-refractivity contribution is -0.110. The molecule has 1 amide bonds. The summed E-state index contributed by atoms with van der Waals surface area (Å²) in [5.74, 6) is -1.85. The van der Waals surface area contributed by atoms with Gasteiger partial charge in [0.15, 0.2) is 0 Å². The smallest absolute Gasteiger partial charge is 0.336 e. The number of nitrogens with one attached hydrogen (secondary N) is 1. The minimum absolute atomic E-state index is 0.00656. The van der Waals surface area contributed by atoms with E-state index in [1.54, 1.807) is 0 Å². The molecule has 0 radical (unpaired) electrons. The molecule has 84 valence electrons. The largest absolute Gasteiger partial charge is 0.478 e. The van der Waals surface area contributed by atoms with Crippen molar-refractivity contribution in [2.24, 2.45) is 0 Å². The molecule has 0 unspecified atom stereocenters. The molecule has 1 aromatic carbocycles. The van der Waals surface area contributed by atoms with Gasteiger partial charge in [-0.1, -0.05) is 12.1 Å². The first kappa shape index (κ1) is 12.2. The van der Waals surface area contributed by atoms with Gasteiger partial charge < -0.3 is 10.4 Å². The van der Waals surface area contributed by atoms with E-state index in [0.29, 0.717) is 0 Å². The molecular weight excluding hydrogens is 234 g/mol. The standard InChI is InChI=1S/C10H8ClNO4/c11-8(13)5-12-9(14)6-3-1-2-4-7(6)10(15)16/h1-4H,5H2,(H,12,14)(H,15,16). The zero-order chi connectivity index (χ0) is 12.1. The highest BCUT2D eigenvalue weighted by atomic mass is 35.5. The Morgan fingerprint density at radius 2 is 1.75 bits per heavy atom. The van der Waals surface area contributed by atoms with Gasteiger partial charge in [0.1, 0.15) is 0 Å². The minimum atomic E-state index is -1.21. The van der Waals surface area contributed by atoms with Crippen LogP contribution in [0.25, 0.3) is 0 Å². The number of carboxylic acids is 1. The van der Waals surface area contributed by atoms with Crippen molar-refractivity contribution in [2.75, 3.05) is 6.54 Å². The number of rotatable bonds is 4. The van der Waals surface area contributed by atoms with E-state index in [1.165, 1.54) is 24.3 Å². The second kappa shape index (κ2) is 5.27. The average Bonchev–Trinajstić information content (AvgIpc) is 2.25. The van der Waals surface area contributed by atoms with Gasteiger partial charge in [-0.3, -0.25) is 9.59 Å². The lowest BCUT2D eigenvalue weighted by Gasteiger charge is -2.05. The molecule has 0 atom stereocenters. The van der Waals surface area contributed by atoms with E-state index in [-0.39, 0.29) is 17.7 Å². The third-order valence-electron chi connectivity index (χ3n) is 1.79. The number of carbonyl (C=O) groups is 3. The molecule has 0 aliphatic rings. The molecule has 6 heteroatoms. The van der Waals surface area contributed by atoms with Crippen LogP contribution in [-0.2, 0) is 4.79 Å². The first-order valence-electron chi connectivity index (χ1n) is 4.31. The van der Waals surface area contributed by atoms with Gasteiger partial charge in [-0.15, -0.1) is 0 Å². The topological polar surface area (TPSA) is 83.5 Å². The Morgan fingerprint density at radius 3 is 2.25 bits per heavy atom. The summed E-state index contributed by atoms with van der Waals surface area (Å²) in [6.45, 7) is -0.339. The molecule has 0 spiro atoms. The SMILES string of the molecule is O=C(Cl)CNC(=O)c1ccccc1C(=O)O. The Kier molecular flexibility index (Phi) is 4.02. The lowest BCUT2D eigenvalue weighted by atomic mass is 10.1. The maximum atomic E-state index is 11.5. The van der Waals surface area contributed by atoms with E-state index < -0.39 is 17.1 Å². The van der Waals surface area contributed by atoms with Crippen molar-refractivity contribution < 1.29 is 19.5 Å². The van der Waals surface area contributed by atoms with Crippen molar-refractivity contribution in [3.05, 3.63) is 35.4 Å². The van der Waals surface area contributed by atoms with Gasteiger partial charge in [-0.05, 0) is 23.7 Å². The van der Waals surface area contributed by atoms with Crippen LogP contribution in [0.15, 0.2) is 24.3 Å². The molecule has 5 nitrogen and oxygen atoms in total. The Balaban J connectivity index is 2.90. The minimum Gasteiger partial charge on any atom is -0.478 e. The molecule has 0 saturated carbocycles. The van der Waals surface area contributed by atoms with Crippen LogP contribution in [0.1, 0.15) is 20.7 Å². The van der Waals surface area contributed by atoms with E-state index in [0.717, 1.165) is 0 Å². The van der Waals surface area contributed by atoms with Gasteiger partial charge in [-0.25, -0.2) is 4.79 Å². The third kappa shape index (κ3) is 3.06. The number of carbonyl (C=O) groups excluding carboxylic acids is 2. The van der Waals surface area contributed by atoms with Gasteiger partial charge in [0.25, 0.3) is 5.91 Å². The van der Waals surface area contributed by atoms with Crippen LogP contribution in [0.4, 0.5) is 0 Å². The zero-order valence-electron chi connectivity index (χ0n) is 8.07. The van der Waals surface area contributed by atoms with Crippen LogP contribution in [0.2, 0.25) is 0 Å². The summed E-state index contributed by atoms with van der Waals surface area (Å²) >= 11 is 5.04. The molecule has 1 rings (SSSR count). The number of amides is 1. The molecule has 16 heavy (non-hydrogen) atoms. The van der Waals surface area contributed by atoms with Crippen LogP contribution in [0.5, 0.6) is 0 Å². The Hall–Kier alpha value is -1.88. The molecule has 0 bridgehead atoms. The normalized spacial score (nSPS) is 9.56. The number of hydrogen-bond acceptors (Lipinski definition) is 3. The van der Waals surface area contributed by atoms with Crippen molar-refractivity contribution >= 4 is 28.7 Å². The first-order valence-corrected chi connectivity index (χ1v) is 4.69. The maximum absolute atomic E-state index is 11.5. The lowest BCUT2D eigenvalue weighted by Crippen LogP contribution is -2.28. The number of carboxylic acid groups (broad SMARTS) is 1. The zero-order valence-corrected chi connectivity index (χ0v) is 8.82. The average molecular weight is 242 g/mol. The van der Waals surface area contributed by atoms with Crippen molar-refractivity contribution in [3.63, 3.8) is 0 Å². The van der Waals surface area contributed by atoms with Gasteiger partial charge >= 0.3 is 5.97 Å². The molecule has 1 aromatic rings. The van der Waals surface area contributed by atoms with Crippen LogP contribution >= 0.6 is 11.6 Å². The monoisotopic (exact) mass is 241 g/mol. The predicted octanol–water partition coefficient (Wildman–Crippen LogP) is 0.880. The number of halogens is 1. The molecule has 0 aliphatic carbocycles. The second-order valence-corrected chi connectivity index (χ2v) is 3.31. The maximum Gasteiger partial charge on any atom is 0.336 e. The first-order chi connectivity index (χ1) is 7.52. The van der Waals surface area contributed by atoms with Crippen molar-refractivity contribution in [1.82, 2.24) is 5.32 Å². The fourth-order valence-electron chi connectivity index (χ4n) is 1.11. The third-order valence-corrected chi connectivity index (χ3v) is 1.92. The molecule has 2 N–H and O–H groups in total. The van der Waals surface area contributed by atoms with Gasteiger partial charge in [0.2, 0.25) is 5.24 Å². The van der Waals surface area contributed by atoms with Crippen molar-refractivity contribution in [3.8, 4) is 0 Å². The quantitative estimate of drug-likeness (QED) is 0.767. The summed E-state index contributed by atoms with van der Waals surface area (Å²) in [5.41, 5.74) is -0.130. The van der Waals surface area contributed by atoms with E-state index >= 15 is 0 Å². The highest BCUT2D eigenvalue weighted by molar-refractivity contribution is 6.64. The van der Waals surface area contributed by atoms with Crippen LogP contribution in [-0.4, -0.2) is 28.8 Å². The van der Waals surface area contributed by atoms with Crippen molar-refractivity contribution in [1.29, 1.82) is 0 Å². The van der Waals surface area contributed by atoms with Crippen LogP contribution < -0.4 is 5.32 Å². The Morgan fingerprint density at radius 1 is 1.19 bits per heavy atom. The summed E-state index contributed by atoms with van der Waals surface area (Å²) in [6.07, 6.45) is 0. The van der Waals surface area contributed by atoms with E-state index in [9.17, 15) is 14.4 Å². The van der Waals surface area contributed by atoms with E-state index in [1.807, 2.05) is 0 Å². The summed E-state index contributed by atoms with van der Waals surface area (Å²) < 4.78 is 0. The summed E-state index contributed by atoms with van der Waals surface area (Å²) in [4.78, 5) is 32.7. The molecular formula is C10H8ClNO4. The van der Waals surface area contributed by atoms with E-state index in [2.05, 4.69) is 5.32 Å². The molecule has 0 aromatic heterocycles. The fraction of sp³-hybridized carbons (Fsp3) is 0.100. The summed E-state index contributed by atoms with van der Waals surface area (Å²) in [6, 6.07) is 5.70. The molecule has 0 fully saturated rings. The number of aromatic carboxylic acids is 1. The molecule has 0 heterocycles. The fourth-order valence-corrected chi connectivity index (χ4v) is 1.18. The molecule has 0 aliphatic heterocycles. The van der Waals surface area contributed by atoms with Gasteiger partial charge in [0, 0.05) is 0 Å². The van der Waals surface area contributed by atoms with Gasteiger partial charge in [0.05, 0.1) is 17.7 Å². The van der Waals surface area contributed by atoms with Gasteiger partial charge in [-0.2, -0.15) is 0 Å². The Bertz CT molecular complexity index is 444. The highest BCUT2D eigenvalue weighted by Crippen LogP contribution is 2.08. The summed E-state index contributed by atoms with van der Waals surface area (Å²) in [5, 5.41) is 10.3. The number of benzene rings is 1. The Labute approximate surface area is 96.0 Å². The highest BCUT2D eigenvalue weighted by Gasteiger charge is 2.15.